The number of nitrogens with one attached hydrogen (secondary N) is 1. The first-order chi connectivity index (χ1) is 12.8. The van der Waals surface area contributed by atoms with Crippen LogP contribution in [0.15, 0.2) is 73.1 Å². The standard InChI is InChI=1S/C23H20N2O/c26-23(15-9-11-24-12-10-15)25-14-16-13-21-17-5-1-3-7-19(17)22(16)20-8-4-2-6-18(20)21/h1-12,16,21-22H,13-14H2,(H,25,26)/t16-,21?,22?/m0/s1. The molecule has 1 aromatic heterocycles. The van der Waals surface area contributed by atoms with Crippen LogP contribution >= 0.6 is 0 Å². The molecule has 0 spiro atoms. The summed E-state index contributed by atoms with van der Waals surface area (Å²) in [5.41, 5.74) is 6.47. The predicted octanol–water partition coefficient (Wildman–Crippen LogP) is 4.11. The molecule has 3 heteroatoms. The number of benzene rings is 2. The summed E-state index contributed by atoms with van der Waals surface area (Å²) in [5.74, 6) is 1.21. The van der Waals surface area contributed by atoms with Crippen molar-refractivity contribution in [3.63, 3.8) is 0 Å². The summed E-state index contributed by atoms with van der Waals surface area (Å²) in [6.45, 7) is 0.699. The molecule has 1 N–H and O–H groups in total. The van der Waals surface area contributed by atoms with Crippen LogP contribution in [0, 0.1) is 5.92 Å². The van der Waals surface area contributed by atoms with Crippen molar-refractivity contribution < 1.29 is 4.79 Å². The van der Waals surface area contributed by atoms with Gasteiger partial charge in [0, 0.05) is 36.3 Å². The summed E-state index contributed by atoms with van der Waals surface area (Å²) in [6, 6.07) is 21.1. The Morgan fingerprint density at radius 2 is 1.46 bits per heavy atom. The minimum atomic E-state index is -0.0181. The fraction of sp³-hybridized carbons (Fsp3) is 0.217. The molecule has 0 unspecified atom stereocenters. The second-order valence-corrected chi connectivity index (χ2v) is 7.23. The van der Waals surface area contributed by atoms with Gasteiger partial charge in [-0.15, -0.1) is 0 Å². The topological polar surface area (TPSA) is 42.0 Å². The molecule has 0 aliphatic heterocycles. The van der Waals surface area contributed by atoms with Gasteiger partial charge < -0.3 is 5.32 Å². The molecular formula is C23H20N2O. The first-order valence-electron chi connectivity index (χ1n) is 9.19. The van der Waals surface area contributed by atoms with Crippen LogP contribution in [-0.2, 0) is 0 Å². The summed E-state index contributed by atoms with van der Waals surface area (Å²) in [7, 11) is 0. The van der Waals surface area contributed by atoms with E-state index in [4.69, 9.17) is 0 Å². The summed E-state index contributed by atoms with van der Waals surface area (Å²) in [5, 5.41) is 3.15. The monoisotopic (exact) mass is 340 g/mol. The largest absolute Gasteiger partial charge is 0.352 e. The minimum absolute atomic E-state index is 0.0181. The predicted molar refractivity (Wildman–Crippen MR) is 101 cm³/mol. The molecule has 6 rings (SSSR count). The van der Waals surface area contributed by atoms with E-state index in [1.165, 1.54) is 22.3 Å². The van der Waals surface area contributed by atoms with E-state index in [1.54, 1.807) is 24.5 Å². The van der Waals surface area contributed by atoms with Crippen LogP contribution in [0.25, 0.3) is 0 Å². The van der Waals surface area contributed by atoms with Gasteiger partial charge in [0.2, 0.25) is 0 Å². The first-order valence-corrected chi connectivity index (χ1v) is 9.19. The van der Waals surface area contributed by atoms with E-state index in [9.17, 15) is 4.79 Å². The third-order valence-corrected chi connectivity index (χ3v) is 5.89. The number of hydrogen-bond acceptors (Lipinski definition) is 2. The van der Waals surface area contributed by atoms with E-state index in [0.29, 0.717) is 29.9 Å². The van der Waals surface area contributed by atoms with Crippen LogP contribution < -0.4 is 5.32 Å². The maximum absolute atomic E-state index is 12.4. The molecule has 3 aliphatic rings. The number of pyridine rings is 1. The second kappa shape index (κ2) is 6.10. The molecule has 3 nitrogen and oxygen atoms in total. The molecule has 2 aromatic carbocycles. The lowest BCUT2D eigenvalue weighted by atomic mass is 9.59. The first kappa shape index (κ1) is 15.3. The molecule has 0 saturated heterocycles. The van der Waals surface area contributed by atoms with E-state index in [-0.39, 0.29) is 5.91 Å². The Morgan fingerprint density at radius 1 is 0.885 bits per heavy atom. The normalized spacial score (nSPS) is 22.4. The smallest absolute Gasteiger partial charge is 0.251 e. The van der Waals surface area contributed by atoms with Crippen molar-refractivity contribution in [3.8, 4) is 0 Å². The number of hydrogen-bond donors (Lipinski definition) is 1. The highest BCUT2D eigenvalue weighted by Crippen LogP contribution is 2.55. The number of fused-ring (bicyclic) bond motifs is 1. The van der Waals surface area contributed by atoms with Gasteiger partial charge in [0.25, 0.3) is 5.91 Å². The van der Waals surface area contributed by atoms with Gasteiger partial charge in [-0.25, -0.2) is 0 Å². The minimum Gasteiger partial charge on any atom is -0.352 e. The Balaban J connectivity index is 1.45. The molecule has 1 amide bonds. The Morgan fingerprint density at radius 3 is 2.08 bits per heavy atom. The van der Waals surface area contributed by atoms with Gasteiger partial charge in [0.05, 0.1) is 0 Å². The highest BCUT2D eigenvalue weighted by Gasteiger charge is 2.42. The SMILES string of the molecule is O=C(NC[C@@H]1CC2c3ccccc3C1c1ccccc12)c1ccncc1. The number of rotatable bonds is 3. The van der Waals surface area contributed by atoms with E-state index in [0.717, 1.165) is 6.42 Å². The summed E-state index contributed by atoms with van der Waals surface area (Å²) in [6.07, 6.45) is 4.41. The van der Waals surface area contributed by atoms with Gasteiger partial charge in [-0.2, -0.15) is 0 Å². The van der Waals surface area contributed by atoms with E-state index in [2.05, 4.69) is 58.8 Å². The number of carbonyl (C=O) groups is 1. The van der Waals surface area contributed by atoms with Crippen molar-refractivity contribution in [2.75, 3.05) is 6.54 Å². The lowest BCUT2D eigenvalue weighted by molar-refractivity contribution is 0.0943. The average Bonchev–Trinajstić information content (AvgIpc) is 2.73. The number of nitrogens with zero attached hydrogens (tertiary/aromatic N) is 1. The van der Waals surface area contributed by atoms with Crippen LogP contribution in [0.2, 0.25) is 0 Å². The molecular weight excluding hydrogens is 320 g/mol. The summed E-state index contributed by atoms with van der Waals surface area (Å²) < 4.78 is 0. The Hall–Kier alpha value is -2.94. The van der Waals surface area contributed by atoms with Crippen molar-refractivity contribution in [1.29, 1.82) is 0 Å². The lowest BCUT2D eigenvalue weighted by Crippen LogP contribution is -2.39. The molecule has 1 atom stereocenters. The van der Waals surface area contributed by atoms with E-state index >= 15 is 0 Å². The molecule has 3 aliphatic carbocycles. The highest BCUT2D eigenvalue weighted by molar-refractivity contribution is 5.93. The zero-order valence-corrected chi connectivity index (χ0v) is 14.4. The molecule has 0 radical (unpaired) electrons. The quantitative estimate of drug-likeness (QED) is 0.780. The van der Waals surface area contributed by atoms with Crippen LogP contribution in [-0.4, -0.2) is 17.4 Å². The van der Waals surface area contributed by atoms with Gasteiger partial charge in [-0.3, -0.25) is 9.78 Å². The van der Waals surface area contributed by atoms with Crippen molar-refractivity contribution in [3.05, 3.63) is 101 Å². The maximum Gasteiger partial charge on any atom is 0.251 e. The summed E-state index contributed by atoms with van der Waals surface area (Å²) >= 11 is 0. The number of aromatic nitrogens is 1. The third-order valence-electron chi connectivity index (χ3n) is 5.89. The summed E-state index contributed by atoms with van der Waals surface area (Å²) in [4.78, 5) is 16.4. The van der Waals surface area contributed by atoms with Gasteiger partial charge in [0.15, 0.2) is 0 Å². The molecule has 1 heterocycles. The molecule has 0 saturated carbocycles. The van der Waals surface area contributed by atoms with E-state index < -0.39 is 0 Å². The zero-order chi connectivity index (χ0) is 17.5. The van der Waals surface area contributed by atoms with Crippen LogP contribution in [0.5, 0.6) is 0 Å². The fourth-order valence-corrected chi connectivity index (χ4v) is 4.79. The zero-order valence-electron chi connectivity index (χ0n) is 14.4. The van der Waals surface area contributed by atoms with Crippen molar-refractivity contribution >= 4 is 5.91 Å². The van der Waals surface area contributed by atoms with Crippen molar-refractivity contribution in [1.82, 2.24) is 10.3 Å². The average molecular weight is 340 g/mol. The lowest BCUT2D eigenvalue weighted by Gasteiger charge is -2.45. The number of amides is 1. The van der Waals surface area contributed by atoms with Gasteiger partial charge in [0.1, 0.15) is 0 Å². The van der Waals surface area contributed by atoms with Gasteiger partial charge >= 0.3 is 0 Å². The molecule has 0 fully saturated rings. The van der Waals surface area contributed by atoms with Gasteiger partial charge in [-0.1, -0.05) is 48.5 Å². The Kier molecular flexibility index (Phi) is 3.59. The third kappa shape index (κ3) is 2.35. The Bertz CT molecular complexity index is 919. The van der Waals surface area contributed by atoms with E-state index in [1.807, 2.05) is 0 Å². The molecule has 26 heavy (non-hydrogen) atoms. The highest BCUT2D eigenvalue weighted by atomic mass is 16.1. The van der Waals surface area contributed by atoms with Crippen molar-refractivity contribution in [2.45, 2.75) is 18.3 Å². The van der Waals surface area contributed by atoms with Crippen LogP contribution in [0.3, 0.4) is 0 Å². The Labute approximate surface area is 153 Å². The second-order valence-electron chi connectivity index (χ2n) is 7.23. The molecule has 2 bridgehead atoms. The van der Waals surface area contributed by atoms with Crippen LogP contribution in [0.1, 0.15) is 50.9 Å². The number of carbonyl (C=O) groups excluding carboxylic acids is 1. The molecule has 3 aromatic rings. The maximum atomic E-state index is 12.4. The van der Waals surface area contributed by atoms with Crippen LogP contribution in [0.4, 0.5) is 0 Å². The van der Waals surface area contributed by atoms with Crippen molar-refractivity contribution in [2.24, 2.45) is 5.92 Å². The fourth-order valence-electron chi connectivity index (χ4n) is 4.79. The molecule has 128 valence electrons. The van der Waals surface area contributed by atoms with Gasteiger partial charge in [-0.05, 0) is 46.7 Å².